The zero-order valence-electron chi connectivity index (χ0n) is 17.1. The van der Waals surface area contributed by atoms with E-state index in [9.17, 15) is 14.4 Å². The highest BCUT2D eigenvalue weighted by molar-refractivity contribution is 6.30. The molecule has 7 nitrogen and oxygen atoms in total. The van der Waals surface area contributed by atoms with Crippen LogP contribution < -0.4 is 10.6 Å². The van der Waals surface area contributed by atoms with E-state index in [1.54, 1.807) is 35.2 Å². The largest absolute Gasteiger partial charge is 0.472 e. The molecule has 3 amide bonds. The molecule has 2 N–H and O–H groups in total. The topological polar surface area (TPSA) is 91.7 Å². The van der Waals surface area contributed by atoms with Crippen LogP contribution in [0.15, 0.2) is 47.3 Å². The lowest BCUT2D eigenvalue weighted by molar-refractivity contribution is -0.124. The number of rotatable bonds is 6. The summed E-state index contributed by atoms with van der Waals surface area (Å²) in [6.45, 7) is 4.88. The van der Waals surface area contributed by atoms with Crippen molar-refractivity contribution < 1.29 is 18.8 Å². The minimum atomic E-state index is -0.654. The highest BCUT2D eigenvalue weighted by Gasteiger charge is 2.29. The van der Waals surface area contributed by atoms with Gasteiger partial charge in [0.1, 0.15) is 12.3 Å². The molecule has 1 aliphatic rings. The Labute approximate surface area is 180 Å². The summed E-state index contributed by atoms with van der Waals surface area (Å²) in [7, 11) is 0. The predicted molar refractivity (Wildman–Crippen MR) is 113 cm³/mol. The minimum Gasteiger partial charge on any atom is -0.472 e. The van der Waals surface area contributed by atoms with E-state index in [1.807, 2.05) is 13.8 Å². The van der Waals surface area contributed by atoms with Crippen LogP contribution in [-0.4, -0.2) is 47.8 Å². The minimum absolute atomic E-state index is 0.0421. The van der Waals surface area contributed by atoms with Gasteiger partial charge in [-0.3, -0.25) is 14.4 Å². The van der Waals surface area contributed by atoms with E-state index >= 15 is 0 Å². The molecule has 1 aromatic heterocycles. The molecule has 1 unspecified atom stereocenters. The highest BCUT2D eigenvalue weighted by Crippen LogP contribution is 2.16. The Balaban J connectivity index is 1.53. The van der Waals surface area contributed by atoms with Crippen LogP contribution in [0.5, 0.6) is 0 Å². The Morgan fingerprint density at radius 1 is 1.07 bits per heavy atom. The Bertz CT molecular complexity index is 872. The van der Waals surface area contributed by atoms with Gasteiger partial charge in [-0.15, -0.1) is 0 Å². The number of carbonyl (C=O) groups excluding carboxylic acids is 3. The predicted octanol–water partition coefficient (Wildman–Crippen LogP) is 3.11. The van der Waals surface area contributed by atoms with Crippen molar-refractivity contribution in [2.24, 2.45) is 5.92 Å². The molecule has 0 aliphatic carbocycles. The number of carbonyl (C=O) groups is 3. The molecule has 1 saturated heterocycles. The van der Waals surface area contributed by atoms with Gasteiger partial charge in [0.25, 0.3) is 11.8 Å². The van der Waals surface area contributed by atoms with E-state index in [1.165, 1.54) is 12.5 Å². The maximum atomic E-state index is 12.8. The van der Waals surface area contributed by atoms with Crippen molar-refractivity contribution in [1.82, 2.24) is 15.5 Å². The van der Waals surface area contributed by atoms with Crippen LogP contribution in [0.1, 0.15) is 47.4 Å². The molecule has 1 fully saturated rings. The summed E-state index contributed by atoms with van der Waals surface area (Å²) in [5, 5.41) is 6.39. The average molecular weight is 432 g/mol. The third-order valence-electron chi connectivity index (χ3n) is 5.24. The number of nitrogens with one attached hydrogen (secondary N) is 2. The average Bonchev–Trinajstić information content (AvgIpc) is 3.27. The molecule has 0 saturated carbocycles. The number of likely N-dealkylation sites (tertiary alicyclic amines) is 1. The van der Waals surface area contributed by atoms with E-state index in [-0.39, 0.29) is 29.7 Å². The number of benzene rings is 1. The van der Waals surface area contributed by atoms with Crippen LogP contribution >= 0.6 is 11.6 Å². The van der Waals surface area contributed by atoms with Gasteiger partial charge >= 0.3 is 0 Å². The van der Waals surface area contributed by atoms with E-state index in [4.69, 9.17) is 16.0 Å². The second-order valence-corrected chi connectivity index (χ2v) is 8.23. The van der Waals surface area contributed by atoms with Gasteiger partial charge in [0.05, 0.1) is 11.8 Å². The number of piperidine rings is 1. The van der Waals surface area contributed by atoms with E-state index in [0.29, 0.717) is 42.1 Å². The maximum absolute atomic E-state index is 12.8. The molecular weight excluding hydrogens is 406 g/mol. The molecule has 0 spiro atoms. The van der Waals surface area contributed by atoms with Crippen LogP contribution in [0.3, 0.4) is 0 Å². The quantitative estimate of drug-likeness (QED) is 0.735. The Kier molecular flexibility index (Phi) is 7.15. The lowest BCUT2D eigenvalue weighted by atomic mass is 10.00. The molecule has 8 heteroatoms. The number of hydrogen-bond acceptors (Lipinski definition) is 4. The summed E-state index contributed by atoms with van der Waals surface area (Å²) < 4.78 is 4.97. The smallest absolute Gasteiger partial charge is 0.257 e. The van der Waals surface area contributed by atoms with E-state index in [2.05, 4.69) is 10.6 Å². The number of nitrogens with zero attached hydrogens (tertiary/aromatic N) is 1. The summed E-state index contributed by atoms with van der Waals surface area (Å²) >= 11 is 5.87. The summed E-state index contributed by atoms with van der Waals surface area (Å²) in [6.07, 6.45) is 4.23. The summed E-state index contributed by atoms with van der Waals surface area (Å²) in [5.41, 5.74) is 0.978. The fraction of sp³-hybridized carbons (Fsp3) is 0.409. The van der Waals surface area contributed by atoms with Crippen LogP contribution in [0.2, 0.25) is 5.02 Å². The molecule has 1 aromatic carbocycles. The van der Waals surface area contributed by atoms with Crippen molar-refractivity contribution in [3.8, 4) is 0 Å². The van der Waals surface area contributed by atoms with Crippen LogP contribution in [0, 0.1) is 5.92 Å². The van der Waals surface area contributed by atoms with Gasteiger partial charge in [-0.1, -0.05) is 25.4 Å². The van der Waals surface area contributed by atoms with Crippen LogP contribution in [0.4, 0.5) is 0 Å². The number of furan rings is 1. The molecule has 160 valence electrons. The van der Waals surface area contributed by atoms with Crippen molar-refractivity contribution in [2.45, 2.75) is 38.8 Å². The lowest BCUT2D eigenvalue weighted by Gasteiger charge is -2.33. The van der Waals surface area contributed by atoms with Crippen LogP contribution in [-0.2, 0) is 4.79 Å². The molecule has 0 bridgehead atoms. The molecular formula is C22H26ClN3O4. The van der Waals surface area contributed by atoms with Gasteiger partial charge < -0.3 is 20.0 Å². The first-order valence-corrected chi connectivity index (χ1v) is 10.4. The first-order valence-electron chi connectivity index (χ1n) is 10.0. The van der Waals surface area contributed by atoms with Crippen molar-refractivity contribution in [2.75, 3.05) is 13.1 Å². The SMILES string of the molecule is CC(C)C(NC(=O)c1ccc(Cl)cc1)C(=O)NC1CCN(C(=O)c2ccoc2)CC1. The van der Waals surface area contributed by atoms with Gasteiger partial charge in [-0.05, 0) is 49.1 Å². The Morgan fingerprint density at radius 2 is 1.73 bits per heavy atom. The van der Waals surface area contributed by atoms with Crippen molar-refractivity contribution in [3.05, 3.63) is 59.0 Å². The molecule has 2 aromatic rings. The monoisotopic (exact) mass is 431 g/mol. The van der Waals surface area contributed by atoms with Gasteiger partial charge in [0.2, 0.25) is 5.91 Å². The standard InChI is InChI=1S/C22H26ClN3O4/c1-14(2)19(25-20(27)15-3-5-17(23)6-4-15)21(28)24-18-7-10-26(11-8-18)22(29)16-9-12-30-13-16/h3-6,9,12-14,18-19H,7-8,10-11H2,1-2H3,(H,24,28)(H,25,27). The fourth-order valence-corrected chi connectivity index (χ4v) is 3.57. The molecule has 3 rings (SSSR count). The normalized spacial score (nSPS) is 15.7. The summed E-state index contributed by atoms with van der Waals surface area (Å²) in [4.78, 5) is 39.5. The summed E-state index contributed by atoms with van der Waals surface area (Å²) in [5.74, 6) is -0.680. The Hall–Kier alpha value is -2.80. The molecule has 1 aliphatic heterocycles. The zero-order valence-corrected chi connectivity index (χ0v) is 17.8. The molecule has 0 radical (unpaired) electrons. The molecule has 1 atom stereocenters. The third-order valence-corrected chi connectivity index (χ3v) is 5.49. The number of halogens is 1. The van der Waals surface area contributed by atoms with Gasteiger partial charge in [-0.2, -0.15) is 0 Å². The zero-order chi connectivity index (χ0) is 21.7. The lowest BCUT2D eigenvalue weighted by Crippen LogP contribution is -2.54. The second-order valence-electron chi connectivity index (χ2n) is 7.79. The fourth-order valence-electron chi connectivity index (χ4n) is 3.45. The van der Waals surface area contributed by atoms with E-state index in [0.717, 1.165) is 0 Å². The van der Waals surface area contributed by atoms with Crippen molar-refractivity contribution in [1.29, 1.82) is 0 Å². The number of amides is 3. The van der Waals surface area contributed by atoms with Gasteiger partial charge in [0.15, 0.2) is 0 Å². The third kappa shape index (κ3) is 5.42. The maximum Gasteiger partial charge on any atom is 0.257 e. The Morgan fingerprint density at radius 3 is 2.30 bits per heavy atom. The highest BCUT2D eigenvalue weighted by atomic mass is 35.5. The molecule has 30 heavy (non-hydrogen) atoms. The second kappa shape index (κ2) is 9.80. The number of hydrogen-bond donors (Lipinski definition) is 2. The van der Waals surface area contributed by atoms with Gasteiger partial charge in [-0.25, -0.2) is 0 Å². The first kappa shape index (κ1) is 21.9. The van der Waals surface area contributed by atoms with Gasteiger partial charge in [0, 0.05) is 29.7 Å². The van der Waals surface area contributed by atoms with E-state index < -0.39 is 6.04 Å². The van der Waals surface area contributed by atoms with Crippen LogP contribution in [0.25, 0.3) is 0 Å². The molecule has 2 heterocycles. The van der Waals surface area contributed by atoms with Crippen molar-refractivity contribution >= 4 is 29.3 Å². The summed E-state index contributed by atoms with van der Waals surface area (Å²) in [6, 6.07) is 7.48. The first-order chi connectivity index (χ1) is 14.3. The van der Waals surface area contributed by atoms with Crippen molar-refractivity contribution in [3.63, 3.8) is 0 Å².